The van der Waals surface area contributed by atoms with Crippen molar-refractivity contribution in [1.29, 1.82) is 0 Å². The first-order chi connectivity index (χ1) is 10.1. The summed E-state index contributed by atoms with van der Waals surface area (Å²) >= 11 is 0. The van der Waals surface area contributed by atoms with Crippen LogP contribution in [0, 0.1) is 6.92 Å². The molecule has 2 rings (SSSR count). The molecule has 118 valence electrons. The van der Waals surface area contributed by atoms with Crippen LogP contribution in [0.2, 0.25) is 0 Å². The highest BCUT2D eigenvalue weighted by atomic mass is 15.2. The highest BCUT2D eigenvalue weighted by Crippen LogP contribution is 2.28. The first-order valence-electron chi connectivity index (χ1n) is 8.71. The Kier molecular flexibility index (Phi) is 6.10. The summed E-state index contributed by atoms with van der Waals surface area (Å²) in [5.74, 6) is 0. The van der Waals surface area contributed by atoms with Gasteiger partial charge in [-0.05, 0) is 49.9 Å². The van der Waals surface area contributed by atoms with Crippen molar-refractivity contribution in [3.05, 3.63) is 29.3 Å². The molecule has 21 heavy (non-hydrogen) atoms. The normalized spacial score (nSPS) is 16.4. The summed E-state index contributed by atoms with van der Waals surface area (Å²) in [4.78, 5) is 2.62. The third-order valence-electron chi connectivity index (χ3n) is 4.71. The van der Waals surface area contributed by atoms with Gasteiger partial charge >= 0.3 is 0 Å². The summed E-state index contributed by atoms with van der Waals surface area (Å²) in [5, 5.41) is 3.52. The van der Waals surface area contributed by atoms with Crippen LogP contribution in [-0.2, 0) is 6.54 Å². The lowest BCUT2D eigenvalue weighted by Crippen LogP contribution is -2.36. The SMILES string of the molecule is CCN(c1ccc(CNC(C)C)c(C)c1)C1CCCCC1. The molecule has 0 atom stereocenters. The smallest absolute Gasteiger partial charge is 0.0371 e. The van der Waals surface area contributed by atoms with Crippen LogP contribution in [0.5, 0.6) is 0 Å². The van der Waals surface area contributed by atoms with Crippen LogP contribution in [0.25, 0.3) is 0 Å². The lowest BCUT2D eigenvalue weighted by atomic mass is 9.93. The molecule has 0 radical (unpaired) electrons. The third kappa shape index (κ3) is 4.47. The monoisotopic (exact) mass is 288 g/mol. The maximum Gasteiger partial charge on any atom is 0.0371 e. The van der Waals surface area contributed by atoms with Crippen molar-refractivity contribution in [2.45, 2.75) is 78.4 Å². The second-order valence-electron chi connectivity index (χ2n) is 6.72. The standard InChI is InChI=1S/C19H32N2/c1-5-21(18-9-7-6-8-10-18)19-12-11-17(16(4)13-19)14-20-15(2)3/h11-13,15,18,20H,5-10,14H2,1-4H3. The first kappa shape index (κ1) is 16.4. The van der Waals surface area contributed by atoms with Gasteiger partial charge in [0.25, 0.3) is 0 Å². The van der Waals surface area contributed by atoms with E-state index in [4.69, 9.17) is 0 Å². The Morgan fingerprint density at radius 1 is 1.19 bits per heavy atom. The van der Waals surface area contributed by atoms with Gasteiger partial charge in [0, 0.05) is 30.9 Å². The highest BCUT2D eigenvalue weighted by Gasteiger charge is 2.20. The van der Waals surface area contributed by atoms with Crippen molar-refractivity contribution >= 4 is 5.69 Å². The molecular formula is C19H32N2. The largest absolute Gasteiger partial charge is 0.369 e. The third-order valence-corrected chi connectivity index (χ3v) is 4.71. The average Bonchev–Trinajstić information content (AvgIpc) is 2.48. The number of anilines is 1. The van der Waals surface area contributed by atoms with Crippen molar-refractivity contribution < 1.29 is 0 Å². The molecule has 0 amide bonds. The second-order valence-corrected chi connectivity index (χ2v) is 6.72. The van der Waals surface area contributed by atoms with E-state index in [2.05, 4.69) is 56.1 Å². The van der Waals surface area contributed by atoms with E-state index in [1.54, 1.807) is 0 Å². The molecule has 0 saturated heterocycles. The zero-order valence-electron chi connectivity index (χ0n) is 14.3. The van der Waals surface area contributed by atoms with E-state index in [-0.39, 0.29) is 0 Å². The number of nitrogens with one attached hydrogen (secondary N) is 1. The summed E-state index contributed by atoms with van der Waals surface area (Å²) in [5.41, 5.74) is 4.25. The van der Waals surface area contributed by atoms with Gasteiger partial charge in [0.1, 0.15) is 0 Å². The van der Waals surface area contributed by atoms with Gasteiger partial charge in [-0.15, -0.1) is 0 Å². The lowest BCUT2D eigenvalue weighted by Gasteiger charge is -2.35. The van der Waals surface area contributed by atoms with E-state index in [9.17, 15) is 0 Å². The Balaban J connectivity index is 2.09. The molecule has 1 N–H and O–H groups in total. The molecule has 1 fully saturated rings. The first-order valence-corrected chi connectivity index (χ1v) is 8.71. The van der Waals surface area contributed by atoms with Crippen molar-refractivity contribution in [2.24, 2.45) is 0 Å². The summed E-state index contributed by atoms with van der Waals surface area (Å²) in [7, 11) is 0. The van der Waals surface area contributed by atoms with E-state index in [0.29, 0.717) is 6.04 Å². The second kappa shape index (κ2) is 7.84. The van der Waals surface area contributed by atoms with Crippen molar-refractivity contribution in [3.8, 4) is 0 Å². The van der Waals surface area contributed by atoms with Crippen molar-refractivity contribution in [1.82, 2.24) is 5.32 Å². The quantitative estimate of drug-likeness (QED) is 0.819. The summed E-state index contributed by atoms with van der Waals surface area (Å²) in [6.45, 7) is 11.0. The predicted molar refractivity (Wildman–Crippen MR) is 93.0 cm³/mol. The van der Waals surface area contributed by atoms with Crippen LogP contribution in [0.15, 0.2) is 18.2 Å². The Morgan fingerprint density at radius 3 is 2.48 bits per heavy atom. The molecule has 1 aromatic carbocycles. The molecule has 0 spiro atoms. The number of aryl methyl sites for hydroxylation is 1. The van der Waals surface area contributed by atoms with E-state index in [0.717, 1.165) is 19.1 Å². The predicted octanol–water partition coefficient (Wildman–Crippen LogP) is 4.65. The van der Waals surface area contributed by atoms with Gasteiger partial charge in [0.05, 0.1) is 0 Å². The molecule has 1 aliphatic carbocycles. The fraction of sp³-hybridized carbons (Fsp3) is 0.684. The summed E-state index contributed by atoms with van der Waals surface area (Å²) < 4.78 is 0. The van der Waals surface area contributed by atoms with Gasteiger partial charge < -0.3 is 10.2 Å². The van der Waals surface area contributed by atoms with E-state index in [1.807, 2.05) is 0 Å². The van der Waals surface area contributed by atoms with Gasteiger partial charge in [0.15, 0.2) is 0 Å². The van der Waals surface area contributed by atoms with Crippen LogP contribution in [0.4, 0.5) is 5.69 Å². The maximum atomic E-state index is 3.52. The molecular weight excluding hydrogens is 256 g/mol. The van der Waals surface area contributed by atoms with Gasteiger partial charge in [-0.25, -0.2) is 0 Å². The molecule has 0 aliphatic heterocycles. The number of hydrogen-bond acceptors (Lipinski definition) is 2. The molecule has 0 unspecified atom stereocenters. The minimum absolute atomic E-state index is 0.540. The van der Waals surface area contributed by atoms with Crippen LogP contribution < -0.4 is 10.2 Å². The molecule has 2 heteroatoms. The van der Waals surface area contributed by atoms with E-state index < -0.39 is 0 Å². The molecule has 1 aliphatic rings. The summed E-state index contributed by atoms with van der Waals surface area (Å²) in [6.07, 6.45) is 6.95. The highest BCUT2D eigenvalue weighted by molar-refractivity contribution is 5.51. The van der Waals surface area contributed by atoms with Gasteiger partial charge in [-0.1, -0.05) is 39.2 Å². The molecule has 2 nitrogen and oxygen atoms in total. The minimum Gasteiger partial charge on any atom is -0.369 e. The Bertz CT molecular complexity index is 433. The van der Waals surface area contributed by atoms with Crippen LogP contribution >= 0.6 is 0 Å². The Labute approximate surface area is 130 Å². The molecule has 1 saturated carbocycles. The van der Waals surface area contributed by atoms with Crippen LogP contribution in [-0.4, -0.2) is 18.6 Å². The fourth-order valence-corrected chi connectivity index (χ4v) is 3.42. The maximum absolute atomic E-state index is 3.52. The van der Waals surface area contributed by atoms with Crippen molar-refractivity contribution in [3.63, 3.8) is 0 Å². The topological polar surface area (TPSA) is 15.3 Å². The molecule has 0 aromatic heterocycles. The van der Waals surface area contributed by atoms with E-state index in [1.165, 1.54) is 48.9 Å². The zero-order valence-corrected chi connectivity index (χ0v) is 14.3. The van der Waals surface area contributed by atoms with Crippen LogP contribution in [0.1, 0.15) is 64.0 Å². The van der Waals surface area contributed by atoms with Gasteiger partial charge in [-0.3, -0.25) is 0 Å². The molecule has 0 bridgehead atoms. The van der Waals surface area contributed by atoms with Gasteiger partial charge in [-0.2, -0.15) is 0 Å². The number of hydrogen-bond donors (Lipinski definition) is 1. The number of rotatable bonds is 6. The minimum atomic E-state index is 0.540. The zero-order chi connectivity index (χ0) is 15.2. The molecule has 0 heterocycles. The van der Waals surface area contributed by atoms with Crippen molar-refractivity contribution in [2.75, 3.05) is 11.4 Å². The van der Waals surface area contributed by atoms with Gasteiger partial charge in [0.2, 0.25) is 0 Å². The Morgan fingerprint density at radius 2 is 1.90 bits per heavy atom. The number of nitrogens with zero attached hydrogens (tertiary/aromatic N) is 1. The summed E-state index contributed by atoms with van der Waals surface area (Å²) in [6, 6.07) is 8.31. The average molecular weight is 288 g/mol. The Hall–Kier alpha value is -1.02. The lowest BCUT2D eigenvalue weighted by molar-refractivity contribution is 0.418. The number of benzene rings is 1. The van der Waals surface area contributed by atoms with Crippen LogP contribution in [0.3, 0.4) is 0 Å². The molecule has 1 aromatic rings. The van der Waals surface area contributed by atoms with E-state index >= 15 is 0 Å². The fourth-order valence-electron chi connectivity index (χ4n) is 3.42.